The van der Waals surface area contributed by atoms with Gasteiger partial charge in [-0.25, -0.2) is 0 Å². The zero-order chi connectivity index (χ0) is 18.8. The van der Waals surface area contributed by atoms with Crippen LogP contribution in [0.5, 0.6) is 0 Å². The molecule has 0 saturated carbocycles. The van der Waals surface area contributed by atoms with Crippen molar-refractivity contribution in [1.29, 1.82) is 0 Å². The Labute approximate surface area is 153 Å². The number of carbonyl (C=O) groups excluding carboxylic acids is 1. The second-order valence-electron chi connectivity index (χ2n) is 6.32. The summed E-state index contributed by atoms with van der Waals surface area (Å²) >= 11 is 0. The van der Waals surface area contributed by atoms with Gasteiger partial charge in [-0.2, -0.15) is 0 Å². The van der Waals surface area contributed by atoms with Gasteiger partial charge in [0.2, 0.25) is 5.91 Å². The SMILES string of the molecule is CCCCC=CC=CC=CC=CCCC=CC(=O)NCC(C)(O)CC. The van der Waals surface area contributed by atoms with Crippen LogP contribution < -0.4 is 5.32 Å². The molecule has 0 heterocycles. The first-order chi connectivity index (χ1) is 12.0. The van der Waals surface area contributed by atoms with Crippen LogP contribution in [-0.4, -0.2) is 23.2 Å². The maximum absolute atomic E-state index is 11.6. The van der Waals surface area contributed by atoms with Gasteiger partial charge in [0.25, 0.3) is 0 Å². The lowest BCUT2D eigenvalue weighted by Gasteiger charge is -2.20. The minimum absolute atomic E-state index is 0.158. The largest absolute Gasteiger partial charge is 0.388 e. The predicted molar refractivity (Wildman–Crippen MR) is 108 cm³/mol. The fourth-order valence-electron chi connectivity index (χ4n) is 1.77. The number of aliphatic hydroxyl groups is 1. The summed E-state index contributed by atoms with van der Waals surface area (Å²) in [5.74, 6) is -0.158. The van der Waals surface area contributed by atoms with E-state index in [-0.39, 0.29) is 12.5 Å². The number of allylic oxidation sites excluding steroid dienone is 9. The second kappa shape index (κ2) is 15.6. The van der Waals surface area contributed by atoms with Gasteiger partial charge in [-0.05, 0) is 38.7 Å². The summed E-state index contributed by atoms with van der Waals surface area (Å²) in [6.45, 7) is 6.08. The molecule has 0 aliphatic heterocycles. The Morgan fingerprint density at radius 1 is 0.920 bits per heavy atom. The molecule has 0 aliphatic rings. The van der Waals surface area contributed by atoms with Gasteiger partial charge in [0.05, 0.1) is 5.60 Å². The highest BCUT2D eigenvalue weighted by Gasteiger charge is 2.17. The lowest BCUT2D eigenvalue weighted by atomic mass is 10.0. The Morgan fingerprint density at radius 2 is 1.48 bits per heavy atom. The standard InChI is InChI=1S/C22H35NO2/c1-4-6-7-8-9-10-11-12-13-14-15-16-17-18-19-21(24)23-20-22(3,25)5-2/h8-15,18-19,25H,4-7,16-17,20H2,1-3H3,(H,23,24). The summed E-state index contributed by atoms with van der Waals surface area (Å²) in [7, 11) is 0. The fourth-order valence-corrected chi connectivity index (χ4v) is 1.77. The summed E-state index contributed by atoms with van der Waals surface area (Å²) < 4.78 is 0. The molecule has 3 nitrogen and oxygen atoms in total. The Morgan fingerprint density at radius 3 is 2.08 bits per heavy atom. The predicted octanol–water partition coefficient (Wildman–Crippen LogP) is 5.02. The van der Waals surface area contributed by atoms with Crippen LogP contribution in [0.15, 0.2) is 60.8 Å². The molecule has 0 saturated heterocycles. The van der Waals surface area contributed by atoms with E-state index in [1.165, 1.54) is 18.9 Å². The number of carbonyl (C=O) groups is 1. The molecule has 140 valence electrons. The molecular weight excluding hydrogens is 310 g/mol. The molecule has 0 aromatic rings. The highest BCUT2D eigenvalue weighted by Crippen LogP contribution is 2.05. The Hall–Kier alpha value is -1.87. The minimum atomic E-state index is -0.835. The van der Waals surface area contributed by atoms with E-state index in [0.717, 1.165) is 19.3 Å². The van der Waals surface area contributed by atoms with E-state index >= 15 is 0 Å². The van der Waals surface area contributed by atoms with Crippen molar-refractivity contribution in [3.8, 4) is 0 Å². The molecule has 0 aromatic carbocycles. The molecule has 0 rings (SSSR count). The number of hydrogen-bond acceptors (Lipinski definition) is 2. The normalized spacial score (nSPS) is 15.2. The molecule has 0 aromatic heterocycles. The van der Waals surface area contributed by atoms with Crippen molar-refractivity contribution in [3.63, 3.8) is 0 Å². The molecule has 1 atom stereocenters. The summed E-state index contributed by atoms with van der Waals surface area (Å²) in [6.07, 6.45) is 25.7. The number of unbranched alkanes of at least 4 members (excludes halogenated alkanes) is 3. The van der Waals surface area contributed by atoms with Crippen LogP contribution in [0.4, 0.5) is 0 Å². The van der Waals surface area contributed by atoms with Crippen LogP contribution in [0.25, 0.3) is 0 Å². The van der Waals surface area contributed by atoms with Crippen LogP contribution in [0.3, 0.4) is 0 Å². The minimum Gasteiger partial charge on any atom is -0.388 e. The van der Waals surface area contributed by atoms with E-state index in [1.807, 2.05) is 43.4 Å². The maximum atomic E-state index is 11.6. The molecule has 25 heavy (non-hydrogen) atoms. The average molecular weight is 346 g/mol. The number of amides is 1. The van der Waals surface area contributed by atoms with Crippen LogP contribution in [0.2, 0.25) is 0 Å². The molecule has 0 aliphatic carbocycles. The van der Waals surface area contributed by atoms with E-state index in [2.05, 4.69) is 30.5 Å². The van der Waals surface area contributed by atoms with Crippen LogP contribution in [0, 0.1) is 0 Å². The molecule has 3 heteroatoms. The quantitative estimate of drug-likeness (QED) is 0.280. The first-order valence-electron chi connectivity index (χ1n) is 9.33. The Balaban J connectivity index is 3.77. The van der Waals surface area contributed by atoms with E-state index in [4.69, 9.17) is 0 Å². The molecule has 0 bridgehead atoms. The van der Waals surface area contributed by atoms with Gasteiger partial charge < -0.3 is 10.4 Å². The number of rotatable bonds is 13. The average Bonchev–Trinajstić information content (AvgIpc) is 2.60. The molecule has 1 unspecified atom stereocenters. The summed E-state index contributed by atoms with van der Waals surface area (Å²) in [5, 5.41) is 12.5. The number of nitrogens with one attached hydrogen (secondary N) is 1. The van der Waals surface area contributed by atoms with Gasteiger partial charge >= 0.3 is 0 Å². The van der Waals surface area contributed by atoms with Crippen LogP contribution >= 0.6 is 0 Å². The highest BCUT2D eigenvalue weighted by molar-refractivity contribution is 5.87. The molecule has 1 amide bonds. The lowest BCUT2D eigenvalue weighted by molar-refractivity contribution is -0.117. The smallest absolute Gasteiger partial charge is 0.243 e. The van der Waals surface area contributed by atoms with Crippen molar-refractivity contribution in [3.05, 3.63) is 60.8 Å². The third-order valence-electron chi connectivity index (χ3n) is 3.73. The van der Waals surface area contributed by atoms with Gasteiger partial charge in [-0.3, -0.25) is 4.79 Å². The van der Waals surface area contributed by atoms with Gasteiger partial charge in [0.15, 0.2) is 0 Å². The summed E-state index contributed by atoms with van der Waals surface area (Å²) in [4.78, 5) is 11.6. The Bertz CT molecular complexity index is 482. The third-order valence-corrected chi connectivity index (χ3v) is 3.73. The topological polar surface area (TPSA) is 49.3 Å². The first kappa shape index (κ1) is 23.1. The van der Waals surface area contributed by atoms with Crippen molar-refractivity contribution in [1.82, 2.24) is 5.32 Å². The van der Waals surface area contributed by atoms with Crippen molar-refractivity contribution in [2.24, 2.45) is 0 Å². The van der Waals surface area contributed by atoms with Gasteiger partial charge in [-0.1, -0.05) is 81.4 Å². The van der Waals surface area contributed by atoms with Gasteiger partial charge in [0.1, 0.15) is 0 Å². The highest BCUT2D eigenvalue weighted by atomic mass is 16.3. The van der Waals surface area contributed by atoms with E-state index in [0.29, 0.717) is 6.42 Å². The molecule has 0 radical (unpaired) electrons. The molecule has 2 N–H and O–H groups in total. The van der Waals surface area contributed by atoms with E-state index in [9.17, 15) is 9.90 Å². The van der Waals surface area contributed by atoms with Crippen molar-refractivity contribution in [2.45, 2.75) is 64.9 Å². The van der Waals surface area contributed by atoms with Gasteiger partial charge in [-0.15, -0.1) is 0 Å². The monoisotopic (exact) mass is 345 g/mol. The van der Waals surface area contributed by atoms with Crippen LogP contribution in [0.1, 0.15) is 59.3 Å². The third kappa shape index (κ3) is 16.8. The summed E-state index contributed by atoms with van der Waals surface area (Å²) in [5.41, 5.74) is -0.835. The van der Waals surface area contributed by atoms with Crippen molar-refractivity contribution < 1.29 is 9.90 Å². The van der Waals surface area contributed by atoms with E-state index in [1.54, 1.807) is 6.92 Å². The maximum Gasteiger partial charge on any atom is 0.243 e. The summed E-state index contributed by atoms with van der Waals surface area (Å²) in [6, 6.07) is 0. The second-order valence-corrected chi connectivity index (χ2v) is 6.32. The van der Waals surface area contributed by atoms with Crippen molar-refractivity contribution in [2.75, 3.05) is 6.54 Å². The lowest BCUT2D eigenvalue weighted by Crippen LogP contribution is -2.39. The molecular formula is C22H35NO2. The van der Waals surface area contributed by atoms with Crippen LogP contribution in [-0.2, 0) is 4.79 Å². The zero-order valence-electron chi connectivity index (χ0n) is 16.1. The van der Waals surface area contributed by atoms with Crippen molar-refractivity contribution >= 4 is 5.91 Å². The van der Waals surface area contributed by atoms with E-state index < -0.39 is 5.60 Å². The molecule has 0 spiro atoms. The zero-order valence-corrected chi connectivity index (χ0v) is 16.1. The van der Waals surface area contributed by atoms with Gasteiger partial charge in [0, 0.05) is 6.54 Å². The number of hydrogen-bond donors (Lipinski definition) is 2. The fraction of sp³-hybridized carbons (Fsp3) is 0.500. The first-order valence-corrected chi connectivity index (χ1v) is 9.33. The Kier molecular flexibility index (Phi) is 14.5. The molecule has 0 fully saturated rings.